The average molecular weight is 269 g/mol. The average Bonchev–Trinajstić information content (AvgIpc) is 2.94. The standard InChI is InChI=1S/C6H6N.C5H5.2CO.Fe/c7-6-4-2-1-3-5-6;1-2-4-5-3-1;2*1-2;/h1-5,7H;1-5H;;;/q2*-1;;;+2. The predicted molar refractivity (Wildman–Crippen MR) is 60.3 cm³/mol. The van der Waals surface area contributed by atoms with Crippen molar-refractivity contribution in [3.63, 3.8) is 0 Å². The largest absolute Gasteiger partial charge is 2.00 e. The van der Waals surface area contributed by atoms with Crippen molar-refractivity contribution in [3.8, 4) is 0 Å². The zero-order valence-electron chi connectivity index (χ0n) is 8.94. The first-order valence-corrected chi connectivity index (χ1v) is 4.24. The third-order valence-corrected chi connectivity index (χ3v) is 1.33. The van der Waals surface area contributed by atoms with Crippen LogP contribution >= 0.6 is 0 Å². The molecule has 0 unspecified atom stereocenters. The van der Waals surface area contributed by atoms with Crippen LogP contribution < -0.4 is 0 Å². The molecule has 4 heteroatoms. The molecule has 1 N–H and O–H groups in total. The molecule has 0 amide bonds. The Kier molecular flexibility index (Phi) is 24.2. The first-order valence-electron chi connectivity index (χ1n) is 4.24. The predicted octanol–water partition coefficient (Wildman–Crippen LogP) is 3.70. The van der Waals surface area contributed by atoms with Gasteiger partial charge in [-0.2, -0.15) is 18.2 Å². The summed E-state index contributed by atoms with van der Waals surface area (Å²) in [6, 6.07) is 19.1. The Morgan fingerprint density at radius 3 is 1.41 bits per heavy atom. The van der Waals surface area contributed by atoms with E-state index in [0.717, 1.165) is 0 Å². The van der Waals surface area contributed by atoms with E-state index in [4.69, 9.17) is 15.0 Å². The van der Waals surface area contributed by atoms with Gasteiger partial charge in [0.1, 0.15) is 0 Å². The zero-order chi connectivity index (χ0) is 12.6. The van der Waals surface area contributed by atoms with Gasteiger partial charge in [-0.05, 0) is 0 Å². The van der Waals surface area contributed by atoms with Gasteiger partial charge in [-0.3, -0.25) is 0 Å². The van der Waals surface area contributed by atoms with Crippen molar-refractivity contribution < 1.29 is 26.4 Å². The van der Waals surface area contributed by atoms with E-state index < -0.39 is 0 Å². The molecule has 17 heavy (non-hydrogen) atoms. The molecule has 0 saturated carbocycles. The molecule has 0 aliphatic rings. The summed E-state index contributed by atoms with van der Waals surface area (Å²) in [4.78, 5) is 0. The van der Waals surface area contributed by atoms with Crippen LogP contribution in [0.4, 0.5) is 5.69 Å². The maximum atomic E-state index is 7.50. The Morgan fingerprint density at radius 2 is 1.24 bits per heavy atom. The van der Waals surface area contributed by atoms with Crippen LogP contribution in [-0.4, -0.2) is 0 Å². The van der Waals surface area contributed by atoms with E-state index in [1.54, 1.807) is 12.1 Å². The van der Waals surface area contributed by atoms with Crippen LogP contribution in [0, 0.1) is 13.3 Å². The van der Waals surface area contributed by atoms with E-state index in [2.05, 4.69) is 13.3 Å². The van der Waals surface area contributed by atoms with Gasteiger partial charge >= 0.3 is 39.7 Å². The van der Waals surface area contributed by atoms with Crippen LogP contribution in [0.5, 0.6) is 0 Å². The maximum absolute atomic E-state index is 7.50. The smallest absolute Gasteiger partial charge is 0.699 e. The van der Waals surface area contributed by atoms with Crippen LogP contribution in [0.25, 0.3) is 5.73 Å². The molecule has 88 valence electrons. The minimum absolute atomic E-state index is 0. The number of hydrogen-bond donors (Lipinski definition) is 0. The summed E-state index contributed by atoms with van der Waals surface area (Å²) in [5.74, 6) is 0. The summed E-state index contributed by atoms with van der Waals surface area (Å²) in [5.41, 5.74) is 7.57. The van der Waals surface area contributed by atoms with Crippen LogP contribution in [0.3, 0.4) is 0 Å². The summed E-state index contributed by atoms with van der Waals surface area (Å²) in [6.07, 6.45) is 0. The fraction of sp³-hybridized carbons (Fsp3) is 0. The molecule has 2 aromatic rings. The van der Waals surface area contributed by atoms with Crippen molar-refractivity contribution in [1.82, 2.24) is 0 Å². The Bertz CT molecular complexity index is 331. The van der Waals surface area contributed by atoms with E-state index in [-0.39, 0.29) is 17.1 Å². The zero-order valence-corrected chi connectivity index (χ0v) is 10.0. The van der Waals surface area contributed by atoms with E-state index in [1.165, 1.54) is 0 Å². The first kappa shape index (κ1) is 20.7. The molecular weight excluding hydrogens is 258 g/mol. The Labute approximate surface area is 112 Å². The van der Waals surface area contributed by atoms with Gasteiger partial charge in [-0.15, -0.1) is 5.69 Å². The van der Waals surface area contributed by atoms with Crippen molar-refractivity contribution in [2.24, 2.45) is 0 Å². The molecule has 0 radical (unpaired) electrons. The second-order valence-corrected chi connectivity index (χ2v) is 2.33. The minimum atomic E-state index is 0. The van der Waals surface area contributed by atoms with Gasteiger partial charge in [-0.25, -0.2) is 12.1 Å². The van der Waals surface area contributed by atoms with Gasteiger partial charge < -0.3 is 5.73 Å². The van der Waals surface area contributed by atoms with Gasteiger partial charge in [0.15, 0.2) is 0 Å². The molecule has 0 saturated heterocycles. The molecule has 2 rings (SSSR count). The molecule has 0 heterocycles. The Balaban J connectivity index is -0.000000175. The second kappa shape index (κ2) is 19.9. The number of nitrogens with one attached hydrogen (secondary N) is 1. The summed E-state index contributed by atoms with van der Waals surface area (Å²) >= 11 is 0. The van der Waals surface area contributed by atoms with Crippen molar-refractivity contribution in [2.75, 3.05) is 0 Å². The first-order chi connectivity index (χ1) is 7.89. The molecule has 0 aromatic heterocycles. The van der Waals surface area contributed by atoms with Crippen LogP contribution in [0.1, 0.15) is 0 Å². The number of rotatable bonds is 0. The van der Waals surface area contributed by atoms with Crippen molar-refractivity contribution >= 4 is 5.69 Å². The van der Waals surface area contributed by atoms with Gasteiger partial charge in [0.05, 0.1) is 0 Å². The van der Waals surface area contributed by atoms with E-state index in [0.29, 0.717) is 5.69 Å². The minimum Gasteiger partial charge on any atom is -0.699 e. The van der Waals surface area contributed by atoms with Gasteiger partial charge in [0.25, 0.3) is 0 Å². The summed E-state index contributed by atoms with van der Waals surface area (Å²) in [7, 11) is 0. The summed E-state index contributed by atoms with van der Waals surface area (Å²) in [6.45, 7) is 9.00. The topological polar surface area (TPSA) is 63.6 Å². The number of hydrogen-bond acceptors (Lipinski definition) is 0. The molecule has 2 aromatic carbocycles. The Hall–Kier alpha value is -1.63. The van der Waals surface area contributed by atoms with Crippen LogP contribution in [0.15, 0.2) is 60.7 Å². The molecule has 0 aliphatic heterocycles. The van der Waals surface area contributed by atoms with Crippen molar-refractivity contribution in [3.05, 3.63) is 79.7 Å². The second-order valence-electron chi connectivity index (χ2n) is 2.33. The Morgan fingerprint density at radius 1 is 0.824 bits per heavy atom. The molecular formula is C13H11FeNO2. The molecule has 0 bridgehead atoms. The normalized spacial score (nSPS) is 6.12. The molecule has 0 fully saturated rings. The van der Waals surface area contributed by atoms with E-state index in [9.17, 15) is 0 Å². The molecule has 3 nitrogen and oxygen atoms in total. The molecule has 0 atom stereocenters. The van der Waals surface area contributed by atoms with Crippen LogP contribution in [-0.2, 0) is 26.4 Å². The third kappa shape index (κ3) is 17.0. The van der Waals surface area contributed by atoms with Crippen molar-refractivity contribution in [2.45, 2.75) is 0 Å². The van der Waals surface area contributed by atoms with Gasteiger partial charge in [0.2, 0.25) is 0 Å². The SMILES string of the molecule is [C-]#[O+].[C-]#[O+].[Fe+2].[NH-]c1ccccc1.c1cc[cH-]c1. The molecule has 0 aliphatic carbocycles. The van der Waals surface area contributed by atoms with E-state index in [1.807, 2.05) is 48.5 Å². The quantitative estimate of drug-likeness (QED) is 0.397. The van der Waals surface area contributed by atoms with E-state index >= 15 is 0 Å². The maximum Gasteiger partial charge on any atom is 2.00 e. The fourth-order valence-electron chi connectivity index (χ4n) is 0.759. The summed E-state index contributed by atoms with van der Waals surface area (Å²) in [5, 5.41) is 0. The van der Waals surface area contributed by atoms with Crippen LogP contribution in [0.2, 0.25) is 0 Å². The fourth-order valence-corrected chi connectivity index (χ4v) is 0.759. The van der Waals surface area contributed by atoms with Crippen molar-refractivity contribution in [1.29, 1.82) is 0 Å². The number of benzene rings is 1. The summed E-state index contributed by atoms with van der Waals surface area (Å²) < 4.78 is 15.0. The monoisotopic (exact) mass is 269 g/mol. The van der Waals surface area contributed by atoms with Gasteiger partial charge in [-0.1, -0.05) is 30.3 Å². The third-order valence-electron chi connectivity index (χ3n) is 1.33. The molecule has 0 spiro atoms. The van der Waals surface area contributed by atoms with Gasteiger partial charge in [0, 0.05) is 0 Å².